The van der Waals surface area contributed by atoms with Crippen molar-refractivity contribution in [2.45, 2.75) is 33.7 Å². The van der Waals surface area contributed by atoms with Crippen LogP contribution in [0.25, 0.3) is 0 Å². The zero-order chi connectivity index (χ0) is 14.0. The maximum atomic E-state index is 11.9. The molecule has 6 nitrogen and oxygen atoms in total. The summed E-state index contributed by atoms with van der Waals surface area (Å²) in [4.78, 5) is 16.1. The van der Waals surface area contributed by atoms with Gasteiger partial charge >= 0.3 is 6.03 Å². The third-order valence-corrected chi connectivity index (χ3v) is 3.38. The topological polar surface area (TPSA) is 64.3 Å². The van der Waals surface area contributed by atoms with E-state index < -0.39 is 0 Å². The maximum Gasteiger partial charge on any atom is 0.317 e. The molecule has 0 unspecified atom stereocenters. The van der Waals surface area contributed by atoms with Gasteiger partial charge < -0.3 is 15.1 Å². The summed E-state index contributed by atoms with van der Waals surface area (Å²) in [5.41, 5.74) is 3.30. The van der Waals surface area contributed by atoms with Gasteiger partial charge in [0.05, 0.1) is 17.1 Å². The van der Waals surface area contributed by atoms with Crippen LogP contribution >= 0.6 is 0 Å². The normalized spacial score (nSPS) is 16.1. The van der Waals surface area contributed by atoms with Crippen LogP contribution in [0.2, 0.25) is 0 Å². The number of urea groups is 1. The smallest absolute Gasteiger partial charge is 0.317 e. The number of hydrogen-bond donors (Lipinski definition) is 2. The molecule has 0 spiro atoms. The lowest BCUT2D eigenvalue weighted by Crippen LogP contribution is -2.53. The van der Waals surface area contributed by atoms with Crippen LogP contribution in [-0.2, 0) is 0 Å². The summed E-state index contributed by atoms with van der Waals surface area (Å²) in [6.45, 7) is 11.2. The van der Waals surface area contributed by atoms with Gasteiger partial charge in [-0.25, -0.2) is 4.79 Å². The number of amides is 2. The molecule has 1 aromatic rings. The molecule has 106 valence electrons. The summed E-state index contributed by atoms with van der Waals surface area (Å²) >= 11 is 0. The molecule has 1 aliphatic heterocycles. The summed E-state index contributed by atoms with van der Waals surface area (Å²) in [6, 6.07) is 0.221. The lowest BCUT2D eigenvalue weighted by molar-refractivity contribution is 0.192. The minimum Gasteiger partial charge on any atom is -0.365 e. The monoisotopic (exact) mass is 265 g/mol. The molecule has 0 aromatic carbocycles. The van der Waals surface area contributed by atoms with Crippen LogP contribution in [0.3, 0.4) is 0 Å². The molecule has 0 radical (unpaired) electrons. The fourth-order valence-corrected chi connectivity index (χ4v) is 2.48. The van der Waals surface area contributed by atoms with Crippen molar-refractivity contribution in [1.29, 1.82) is 0 Å². The van der Waals surface area contributed by atoms with E-state index in [2.05, 4.69) is 20.4 Å². The Balaban J connectivity index is 1.94. The molecule has 0 aliphatic carbocycles. The third kappa shape index (κ3) is 3.00. The van der Waals surface area contributed by atoms with Crippen LogP contribution in [0.1, 0.15) is 25.2 Å². The first-order chi connectivity index (χ1) is 8.99. The Bertz CT molecular complexity index is 426. The second kappa shape index (κ2) is 5.50. The first kappa shape index (κ1) is 13.7. The second-order valence-corrected chi connectivity index (χ2v) is 5.36. The van der Waals surface area contributed by atoms with Gasteiger partial charge in [-0.3, -0.25) is 5.10 Å². The number of aryl methyl sites for hydroxylation is 2. The molecule has 1 aliphatic rings. The van der Waals surface area contributed by atoms with Crippen LogP contribution < -0.4 is 10.2 Å². The number of carbonyl (C=O) groups excluding carboxylic acids is 1. The van der Waals surface area contributed by atoms with Gasteiger partial charge in [-0.15, -0.1) is 0 Å². The predicted molar refractivity (Wildman–Crippen MR) is 75.5 cm³/mol. The molecule has 0 bridgehead atoms. The largest absolute Gasteiger partial charge is 0.365 e. The Morgan fingerprint density at radius 3 is 2.37 bits per heavy atom. The first-order valence-corrected chi connectivity index (χ1v) is 6.81. The number of nitrogens with zero attached hydrogens (tertiary/aromatic N) is 3. The van der Waals surface area contributed by atoms with Crippen LogP contribution in [0.4, 0.5) is 10.5 Å². The van der Waals surface area contributed by atoms with Crippen LogP contribution in [-0.4, -0.2) is 53.3 Å². The molecule has 2 amide bonds. The maximum absolute atomic E-state index is 11.9. The zero-order valence-electron chi connectivity index (χ0n) is 12.2. The van der Waals surface area contributed by atoms with Crippen molar-refractivity contribution in [2.24, 2.45) is 0 Å². The van der Waals surface area contributed by atoms with E-state index in [4.69, 9.17) is 0 Å². The Kier molecular flexibility index (Phi) is 3.97. The van der Waals surface area contributed by atoms with E-state index in [9.17, 15) is 4.79 Å². The number of nitrogens with one attached hydrogen (secondary N) is 2. The van der Waals surface area contributed by atoms with Crippen molar-refractivity contribution in [3.63, 3.8) is 0 Å². The Labute approximate surface area is 114 Å². The van der Waals surface area contributed by atoms with Crippen molar-refractivity contribution < 1.29 is 4.79 Å². The van der Waals surface area contributed by atoms with Crippen molar-refractivity contribution >= 4 is 11.7 Å². The molecule has 0 atom stereocenters. The Morgan fingerprint density at radius 1 is 1.26 bits per heavy atom. The molecule has 1 aromatic heterocycles. The Morgan fingerprint density at radius 2 is 1.89 bits per heavy atom. The number of aromatic amines is 1. The van der Waals surface area contributed by atoms with Gasteiger partial charge in [0, 0.05) is 32.2 Å². The SMILES string of the molecule is Cc1n[nH]c(C)c1N1CCN(C(=O)NC(C)C)CC1. The highest BCUT2D eigenvalue weighted by atomic mass is 16.2. The molecule has 19 heavy (non-hydrogen) atoms. The van der Waals surface area contributed by atoms with Crippen molar-refractivity contribution in [2.75, 3.05) is 31.1 Å². The standard InChI is InChI=1S/C13H23N5O/c1-9(2)14-13(19)18-7-5-17(6-8-18)12-10(3)15-16-11(12)4/h9H,5-8H2,1-4H3,(H,14,19)(H,15,16). The summed E-state index contributed by atoms with van der Waals surface area (Å²) < 4.78 is 0. The molecule has 2 heterocycles. The zero-order valence-corrected chi connectivity index (χ0v) is 12.2. The highest BCUT2D eigenvalue weighted by molar-refractivity contribution is 5.74. The number of carbonyl (C=O) groups is 1. The fourth-order valence-electron chi connectivity index (χ4n) is 2.48. The fraction of sp³-hybridized carbons (Fsp3) is 0.692. The number of H-pyrrole nitrogens is 1. The summed E-state index contributed by atoms with van der Waals surface area (Å²) in [7, 11) is 0. The molecule has 6 heteroatoms. The van der Waals surface area contributed by atoms with Gasteiger partial charge in [-0.05, 0) is 27.7 Å². The van der Waals surface area contributed by atoms with Gasteiger partial charge in [-0.1, -0.05) is 0 Å². The first-order valence-electron chi connectivity index (χ1n) is 6.81. The average Bonchev–Trinajstić information content (AvgIpc) is 2.68. The minimum absolute atomic E-state index is 0.0373. The van der Waals surface area contributed by atoms with Gasteiger partial charge in [0.15, 0.2) is 0 Å². The van der Waals surface area contributed by atoms with E-state index in [1.165, 1.54) is 5.69 Å². The summed E-state index contributed by atoms with van der Waals surface area (Å²) in [5, 5.41) is 10.2. The van der Waals surface area contributed by atoms with Gasteiger partial charge in [0.25, 0.3) is 0 Å². The summed E-state index contributed by atoms with van der Waals surface area (Å²) in [6.07, 6.45) is 0. The third-order valence-electron chi connectivity index (χ3n) is 3.38. The quantitative estimate of drug-likeness (QED) is 0.846. The van der Waals surface area contributed by atoms with E-state index >= 15 is 0 Å². The number of aromatic nitrogens is 2. The number of hydrogen-bond acceptors (Lipinski definition) is 3. The molecule has 2 rings (SSSR count). The van der Waals surface area contributed by atoms with E-state index in [-0.39, 0.29) is 12.1 Å². The van der Waals surface area contributed by atoms with Crippen molar-refractivity contribution in [3.8, 4) is 0 Å². The second-order valence-electron chi connectivity index (χ2n) is 5.36. The van der Waals surface area contributed by atoms with Crippen LogP contribution in [0.5, 0.6) is 0 Å². The van der Waals surface area contributed by atoms with E-state index in [1.54, 1.807) is 0 Å². The van der Waals surface area contributed by atoms with Crippen molar-refractivity contribution in [3.05, 3.63) is 11.4 Å². The molecular weight excluding hydrogens is 242 g/mol. The Hall–Kier alpha value is -1.72. The molecule has 1 fully saturated rings. The van der Waals surface area contributed by atoms with Crippen LogP contribution in [0, 0.1) is 13.8 Å². The lowest BCUT2D eigenvalue weighted by atomic mass is 10.2. The van der Waals surface area contributed by atoms with Gasteiger partial charge in [0.2, 0.25) is 0 Å². The minimum atomic E-state index is 0.0373. The highest BCUT2D eigenvalue weighted by Gasteiger charge is 2.24. The molecular formula is C13H23N5O. The van der Waals surface area contributed by atoms with E-state index in [1.807, 2.05) is 32.6 Å². The lowest BCUT2D eigenvalue weighted by Gasteiger charge is -2.36. The average molecular weight is 265 g/mol. The van der Waals surface area contributed by atoms with Gasteiger partial charge in [0.1, 0.15) is 0 Å². The van der Waals surface area contributed by atoms with Gasteiger partial charge in [-0.2, -0.15) is 5.10 Å². The van der Waals surface area contributed by atoms with E-state index in [0.717, 1.165) is 37.6 Å². The number of rotatable bonds is 2. The summed E-state index contributed by atoms with van der Waals surface area (Å²) in [5.74, 6) is 0. The van der Waals surface area contributed by atoms with Crippen molar-refractivity contribution in [1.82, 2.24) is 20.4 Å². The number of piperazine rings is 1. The molecule has 0 saturated carbocycles. The molecule has 2 N–H and O–H groups in total. The van der Waals surface area contributed by atoms with E-state index in [0.29, 0.717) is 0 Å². The molecule has 1 saturated heterocycles. The predicted octanol–water partition coefficient (Wildman–Crippen LogP) is 1.27. The number of anilines is 1. The highest BCUT2D eigenvalue weighted by Crippen LogP contribution is 2.23. The van der Waals surface area contributed by atoms with Crippen LogP contribution in [0.15, 0.2) is 0 Å².